The summed E-state index contributed by atoms with van der Waals surface area (Å²) >= 11 is 1.24. The van der Waals surface area contributed by atoms with Gasteiger partial charge >= 0.3 is 29.8 Å². The third-order valence-corrected chi connectivity index (χ3v) is 20.3. The predicted octanol–water partition coefficient (Wildman–Crippen LogP) is -11.2. The number of carbonyl (C=O) groups is 24. The number of carboxylic acid groups (broad SMARTS) is 5. The fourth-order valence-corrected chi connectivity index (χ4v) is 12.6. The Hall–Kier alpha value is -13.2. The number of aliphatic carboxylic acids is 5. The molecule has 0 aromatic carbocycles. The van der Waals surface area contributed by atoms with Crippen LogP contribution in [0.15, 0.2) is 0 Å². The van der Waals surface area contributed by atoms with Crippen LogP contribution in [-0.2, 0) is 115 Å². The molecule has 0 spiro atoms. The normalized spacial score (nSPS) is 14.6. The molecule has 0 rings (SSSR count). The summed E-state index contributed by atoms with van der Waals surface area (Å²) in [6, 6.07) is -27.6. The number of rotatable bonds is 71. The van der Waals surface area contributed by atoms with Gasteiger partial charge in [0.2, 0.25) is 112 Å². The Morgan fingerprint density at radius 3 is 0.901 bits per heavy atom. The van der Waals surface area contributed by atoms with Crippen LogP contribution in [0.4, 0.5) is 0 Å². The van der Waals surface area contributed by atoms with Gasteiger partial charge in [-0.05, 0) is 133 Å². The van der Waals surface area contributed by atoms with E-state index in [1.165, 1.54) is 32.5 Å². The second kappa shape index (κ2) is 62.9. The maximum absolute atomic E-state index is 14.5. The van der Waals surface area contributed by atoms with Gasteiger partial charge in [0.25, 0.3) is 0 Å². The van der Waals surface area contributed by atoms with E-state index in [1.54, 1.807) is 13.2 Å². The van der Waals surface area contributed by atoms with Crippen LogP contribution in [0.1, 0.15) is 188 Å². The summed E-state index contributed by atoms with van der Waals surface area (Å²) in [5.74, 6) is -33.4. The van der Waals surface area contributed by atoms with Crippen LogP contribution >= 0.6 is 11.8 Å². The molecule has 0 saturated heterocycles. The Morgan fingerprint density at radius 1 is 0.305 bits per heavy atom. The zero-order valence-corrected chi connectivity index (χ0v) is 74.3. The van der Waals surface area contributed by atoms with Crippen LogP contribution in [0.25, 0.3) is 0 Å². The molecule has 0 bridgehead atoms. The zero-order chi connectivity index (χ0) is 100. The molecule has 16 atom stereocenters. The standard InChI is InChI=1S/C76H129N25O29S/c1-6-36(4)60(74(128)96-46(75(129)130)13-8-10-29-78)101-72(126)47(32-54(84)106)97-63(117)39(14-11-30-87-76(85)86)90-71(125)49(34-58(113)114)99-73(127)59(35(2)3)100-69(123)43(19-24-53(83)105)95-70(124)48(33-57(111)112)98-67(121)42(18-23-52(82)104)93-65(119)41(17-22-51(81)103)92-64(118)40(16-21-50(80)102)91-62(116)38(12-7-9-28-77)89-66(120)44(20-26-56(109)110)94-68(122)45(27-31-131-5)88-61(115)37(79)15-25-55(107)108/h35-49,59-60H,6-34,77-79H2,1-5H3,(H2,80,102)(H2,81,103)(H2,82,104)(H2,83,105)(H2,84,106)(H,88,115)(H,89,120)(H,90,125)(H,91,116)(H,92,118)(H,93,119)(H,94,122)(H,95,124)(H,96,128)(H,97,117)(H,98,121)(H,99,127)(H,100,123)(H,101,126)(H,107,108)(H,109,110)(H,111,112)(H,113,114)(H,129,130)(H4,85,86,87)/t36-,37-,38-,39-,40-,41-,42-,43-,44-,45-,46-,47-,48-,49-,59-,60-/m0/s1. The number of carbonyl (C=O) groups excluding carboxylic acids is 19. The minimum absolute atomic E-state index is 0.0318. The monoisotopic (exact) mass is 1890 g/mol. The molecule has 0 heterocycles. The number of nitrogens with one attached hydrogen (secondary N) is 16. The number of hydrogen-bond acceptors (Lipinski definition) is 29. The SMILES string of the molecule is CC[C@H](C)[C@H](NC(=O)[C@H](CC(N)=O)NC(=O)[C@H](CCCNC(=N)N)NC(=O)[C@H](CC(=O)O)NC(=O)[C@@H](NC(=O)[C@H](CCC(N)=O)NC(=O)[C@H](CC(=O)O)NC(=O)[C@H](CCC(N)=O)NC(=O)[C@H](CCC(N)=O)NC(=O)[C@H](CCC(N)=O)NC(=O)[C@H](CCCCN)NC(=O)[C@H](CCC(=O)O)NC(=O)[C@H](CCSC)NC(=O)[C@@H](N)CCC(=O)O)C(C)C)C(=O)N[C@@H](CCCCN)C(=O)O. The summed E-state index contributed by atoms with van der Waals surface area (Å²) in [5, 5.41) is 90.5. The van der Waals surface area contributed by atoms with Gasteiger partial charge in [0, 0.05) is 45.1 Å². The third kappa shape index (κ3) is 49.8. The van der Waals surface area contributed by atoms with Crippen LogP contribution < -0.4 is 131 Å². The van der Waals surface area contributed by atoms with Gasteiger partial charge in [-0.2, -0.15) is 11.8 Å². The van der Waals surface area contributed by atoms with E-state index >= 15 is 0 Å². The van der Waals surface area contributed by atoms with Crippen molar-refractivity contribution in [3.63, 3.8) is 0 Å². The van der Waals surface area contributed by atoms with Crippen molar-refractivity contribution < 1.29 is 141 Å². The molecule has 0 unspecified atom stereocenters. The highest BCUT2D eigenvalue weighted by atomic mass is 32.2. The summed E-state index contributed by atoms with van der Waals surface area (Å²) in [6.45, 7) is 5.85. The topological polar surface area (TPSA) is 949 Å². The first kappa shape index (κ1) is 118. The van der Waals surface area contributed by atoms with Gasteiger partial charge in [-0.15, -0.1) is 0 Å². The summed E-state index contributed by atoms with van der Waals surface area (Å²) < 4.78 is 0. The molecule has 0 fully saturated rings. The van der Waals surface area contributed by atoms with Crippen molar-refractivity contribution in [1.29, 1.82) is 5.41 Å². The van der Waals surface area contributed by atoms with E-state index in [9.17, 15) is 135 Å². The van der Waals surface area contributed by atoms with Crippen LogP contribution in [0, 0.1) is 17.2 Å². The number of hydrogen-bond donors (Lipinski definition) is 30. The van der Waals surface area contributed by atoms with E-state index in [0.29, 0.717) is 12.8 Å². The van der Waals surface area contributed by atoms with Gasteiger partial charge in [0.05, 0.1) is 25.3 Å². The van der Waals surface area contributed by atoms with Crippen molar-refractivity contribution in [2.75, 3.05) is 31.6 Å². The van der Waals surface area contributed by atoms with Crippen molar-refractivity contribution in [1.82, 2.24) is 79.8 Å². The lowest BCUT2D eigenvalue weighted by atomic mass is 9.96. The molecule has 0 aliphatic rings. The first-order valence-corrected chi connectivity index (χ1v) is 43.2. The molecule has 0 aliphatic heterocycles. The van der Waals surface area contributed by atoms with Crippen molar-refractivity contribution in [2.45, 2.75) is 279 Å². The number of primary amides is 5. The second-order valence-electron chi connectivity index (χ2n) is 30.9. The lowest BCUT2D eigenvalue weighted by Gasteiger charge is -2.29. The fraction of sp³-hybridized carbons (Fsp3) is 0.671. The Labute approximate surface area is 756 Å². The molecular formula is C76H129N25O29S. The number of amides is 19. The van der Waals surface area contributed by atoms with Gasteiger partial charge in [-0.1, -0.05) is 34.1 Å². The largest absolute Gasteiger partial charge is 0.481 e. The minimum Gasteiger partial charge on any atom is -0.481 e. The molecule has 54 nitrogen and oxygen atoms in total. The number of guanidine groups is 1. The minimum atomic E-state index is -2.33. The first-order chi connectivity index (χ1) is 61.3. The van der Waals surface area contributed by atoms with E-state index < -0.39 is 347 Å². The molecule has 55 heteroatoms. The van der Waals surface area contributed by atoms with E-state index in [4.69, 9.17) is 62.1 Å². The van der Waals surface area contributed by atoms with Crippen molar-refractivity contribution >= 4 is 160 Å². The van der Waals surface area contributed by atoms with Crippen molar-refractivity contribution in [3.05, 3.63) is 0 Å². The average molecular weight is 1890 g/mol. The molecular weight excluding hydrogens is 1760 g/mol. The van der Waals surface area contributed by atoms with Gasteiger partial charge in [-0.25, -0.2) is 4.79 Å². The number of thioether (sulfide) groups is 1. The molecule has 0 radical (unpaired) electrons. The van der Waals surface area contributed by atoms with Gasteiger partial charge in [-0.3, -0.25) is 116 Å². The molecule has 0 saturated carbocycles. The van der Waals surface area contributed by atoms with Crippen LogP contribution in [0.3, 0.4) is 0 Å². The molecule has 0 aromatic heterocycles. The Morgan fingerprint density at radius 2 is 0.580 bits per heavy atom. The highest BCUT2D eigenvalue weighted by Crippen LogP contribution is 2.16. The summed E-state index contributed by atoms with van der Waals surface area (Å²) in [4.78, 5) is 320. The Kier molecular flexibility index (Phi) is 56.5. The first-order valence-electron chi connectivity index (χ1n) is 41.8. The zero-order valence-electron chi connectivity index (χ0n) is 73.5. The number of carboxylic acids is 5. The lowest BCUT2D eigenvalue weighted by molar-refractivity contribution is -0.143. The Balaban J connectivity index is 7.58. The third-order valence-electron chi connectivity index (χ3n) is 19.6. The molecule has 0 aromatic rings. The van der Waals surface area contributed by atoms with E-state index in [-0.39, 0.29) is 76.8 Å². The number of nitrogens with two attached hydrogens (primary N) is 9. The quantitative estimate of drug-likeness (QED) is 0.0153. The van der Waals surface area contributed by atoms with Gasteiger partial charge in [0.1, 0.15) is 84.6 Å². The number of unbranched alkanes of at least 4 members (excludes halogenated alkanes) is 2. The van der Waals surface area contributed by atoms with E-state index in [1.807, 2.05) is 5.32 Å². The summed E-state index contributed by atoms with van der Waals surface area (Å²) in [6.07, 6.45) is -10.1. The molecule has 0 aliphatic carbocycles. The highest BCUT2D eigenvalue weighted by Gasteiger charge is 2.41. The molecule has 39 N–H and O–H groups in total. The average Bonchev–Trinajstić information content (AvgIpc) is 0.955. The second-order valence-corrected chi connectivity index (χ2v) is 31.9. The molecule has 738 valence electrons. The van der Waals surface area contributed by atoms with Crippen LogP contribution in [-0.4, -0.2) is 296 Å². The highest BCUT2D eigenvalue weighted by molar-refractivity contribution is 7.98. The van der Waals surface area contributed by atoms with E-state index in [2.05, 4.69) is 74.4 Å². The van der Waals surface area contributed by atoms with Gasteiger partial charge < -0.3 is 157 Å². The van der Waals surface area contributed by atoms with Crippen LogP contribution in [0.2, 0.25) is 0 Å². The summed E-state index contributed by atoms with van der Waals surface area (Å²) in [7, 11) is 0. The maximum atomic E-state index is 14.5. The van der Waals surface area contributed by atoms with E-state index in [0.717, 1.165) is 0 Å². The summed E-state index contributed by atoms with van der Waals surface area (Å²) in [5.41, 5.74) is 49.7. The smallest absolute Gasteiger partial charge is 0.326 e. The van der Waals surface area contributed by atoms with Crippen LogP contribution in [0.5, 0.6) is 0 Å². The molecule has 19 amide bonds. The molecule has 131 heavy (non-hydrogen) atoms. The van der Waals surface area contributed by atoms with Crippen molar-refractivity contribution in [3.8, 4) is 0 Å². The van der Waals surface area contributed by atoms with Crippen molar-refractivity contribution in [2.24, 2.45) is 63.4 Å². The fourth-order valence-electron chi connectivity index (χ4n) is 12.2. The Bertz CT molecular complexity index is 4000. The maximum Gasteiger partial charge on any atom is 0.326 e. The van der Waals surface area contributed by atoms with Gasteiger partial charge in [0.15, 0.2) is 5.96 Å². The predicted molar refractivity (Wildman–Crippen MR) is 461 cm³/mol. The lowest BCUT2D eigenvalue weighted by Crippen LogP contribution is -2.62.